The molecule has 0 unspecified atom stereocenters. The van der Waals surface area contributed by atoms with E-state index in [9.17, 15) is 19.1 Å². The molecule has 0 aliphatic carbocycles. The van der Waals surface area contributed by atoms with Gasteiger partial charge in [-0.05, 0) is 59.9 Å². The molecule has 2 N–H and O–H groups in total. The van der Waals surface area contributed by atoms with E-state index in [-0.39, 0.29) is 42.4 Å². The van der Waals surface area contributed by atoms with Crippen LogP contribution in [-0.4, -0.2) is 44.9 Å². The zero-order valence-electron chi connectivity index (χ0n) is 22.9. The van der Waals surface area contributed by atoms with E-state index in [1.807, 2.05) is 54.6 Å². The van der Waals surface area contributed by atoms with Crippen molar-refractivity contribution in [2.24, 2.45) is 5.92 Å². The second kappa shape index (κ2) is 11.9. The standard InChI is InChI=1S/C34H30FN3O4/c35-27-4-1-3-23(17-27)21-42-34(41)25-12-15-38(16-13-25)32(39)18-22-7-9-24(10-8-22)28-5-2-6-29(33(28)40)30-19-26-11-14-36-20-31(26)37-30/h1-11,14,17,19-20,25,37,40H,12-13,15-16,18,21H2. The predicted molar refractivity (Wildman–Crippen MR) is 158 cm³/mol. The molecule has 1 aliphatic rings. The molecule has 1 amide bonds. The fraction of sp³-hybridized carbons (Fsp3) is 0.206. The quantitative estimate of drug-likeness (QED) is 0.228. The van der Waals surface area contributed by atoms with E-state index in [2.05, 4.69) is 9.97 Å². The van der Waals surface area contributed by atoms with Crippen molar-refractivity contribution in [2.45, 2.75) is 25.9 Å². The first-order valence-corrected chi connectivity index (χ1v) is 14.0. The molecule has 5 aromatic rings. The van der Waals surface area contributed by atoms with Gasteiger partial charge in [0.15, 0.2) is 0 Å². The number of para-hydroxylation sites is 1. The highest BCUT2D eigenvalue weighted by Gasteiger charge is 2.28. The molecule has 0 radical (unpaired) electrons. The number of phenolic OH excluding ortho intramolecular Hbond substituents is 1. The summed E-state index contributed by atoms with van der Waals surface area (Å²) in [4.78, 5) is 34.7. The summed E-state index contributed by atoms with van der Waals surface area (Å²) >= 11 is 0. The molecule has 7 nitrogen and oxygen atoms in total. The van der Waals surface area contributed by atoms with E-state index in [1.165, 1.54) is 12.1 Å². The number of likely N-dealkylation sites (tertiary alicyclic amines) is 1. The van der Waals surface area contributed by atoms with E-state index >= 15 is 0 Å². The van der Waals surface area contributed by atoms with E-state index in [4.69, 9.17) is 4.74 Å². The number of piperidine rings is 1. The number of fused-ring (bicyclic) bond motifs is 1. The second-order valence-corrected chi connectivity index (χ2v) is 10.6. The van der Waals surface area contributed by atoms with Gasteiger partial charge in [-0.1, -0.05) is 48.5 Å². The summed E-state index contributed by atoms with van der Waals surface area (Å²) in [5, 5.41) is 12.1. The highest BCUT2D eigenvalue weighted by atomic mass is 19.1. The lowest BCUT2D eigenvalue weighted by atomic mass is 9.96. The summed E-state index contributed by atoms with van der Waals surface area (Å²) in [5.74, 6) is -0.760. The summed E-state index contributed by atoms with van der Waals surface area (Å²) in [6, 6.07) is 23.2. The van der Waals surface area contributed by atoms with Gasteiger partial charge in [0, 0.05) is 35.8 Å². The molecule has 3 heterocycles. The van der Waals surface area contributed by atoms with Crippen LogP contribution in [0.5, 0.6) is 5.75 Å². The maximum Gasteiger partial charge on any atom is 0.309 e. The van der Waals surface area contributed by atoms with Gasteiger partial charge in [0.1, 0.15) is 18.2 Å². The van der Waals surface area contributed by atoms with Crippen LogP contribution in [0.15, 0.2) is 91.3 Å². The minimum atomic E-state index is -0.364. The van der Waals surface area contributed by atoms with Gasteiger partial charge in [0.25, 0.3) is 0 Å². The number of aromatic nitrogens is 2. The number of esters is 1. The number of rotatable bonds is 7. The van der Waals surface area contributed by atoms with Crippen LogP contribution >= 0.6 is 0 Å². The van der Waals surface area contributed by atoms with Gasteiger partial charge >= 0.3 is 5.97 Å². The molecule has 0 saturated carbocycles. The Bertz CT molecular complexity index is 1710. The van der Waals surface area contributed by atoms with Crippen molar-refractivity contribution < 1.29 is 23.8 Å². The molecule has 2 aromatic heterocycles. The van der Waals surface area contributed by atoms with E-state index in [1.54, 1.807) is 29.4 Å². The first-order valence-electron chi connectivity index (χ1n) is 14.0. The summed E-state index contributed by atoms with van der Waals surface area (Å²) in [7, 11) is 0. The van der Waals surface area contributed by atoms with E-state index in [0.29, 0.717) is 42.6 Å². The Balaban J connectivity index is 1.04. The van der Waals surface area contributed by atoms with Crippen LogP contribution in [0.3, 0.4) is 0 Å². The molecule has 1 aliphatic heterocycles. The fourth-order valence-electron chi connectivity index (χ4n) is 5.46. The molecule has 212 valence electrons. The molecule has 3 aromatic carbocycles. The number of aromatic amines is 1. The number of phenols is 1. The SMILES string of the molecule is O=C(OCc1cccc(F)c1)C1CCN(C(=O)Cc2ccc(-c3cccc(-c4cc5ccncc5[nH]4)c3O)cc2)CC1. The van der Waals surface area contributed by atoms with Gasteiger partial charge in [0.2, 0.25) is 5.91 Å². The maximum absolute atomic E-state index is 13.3. The number of halogens is 1. The van der Waals surface area contributed by atoms with Crippen LogP contribution in [0.4, 0.5) is 4.39 Å². The van der Waals surface area contributed by atoms with Crippen molar-refractivity contribution in [1.82, 2.24) is 14.9 Å². The largest absolute Gasteiger partial charge is 0.507 e. The lowest BCUT2D eigenvalue weighted by Gasteiger charge is -2.31. The molecule has 1 fully saturated rings. The normalized spacial score (nSPS) is 13.8. The van der Waals surface area contributed by atoms with Crippen molar-refractivity contribution in [1.29, 1.82) is 0 Å². The zero-order valence-corrected chi connectivity index (χ0v) is 22.9. The monoisotopic (exact) mass is 563 g/mol. The minimum absolute atomic E-state index is 0.00692. The predicted octanol–water partition coefficient (Wildman–Crippen LogP) is 6.27. The number of carbonyl (C=O) groups excluding carboxylic acids is 2. The minimum Gasteiger partial charge on any atom is -0.507 e. The molecule has 0 atom stereocenters. The summed E-state index contributed by atoms with van der Waals surface area (Å²) < 4.78 is 18.7. The van der Waals surface area contributed by atoms with Crippen LogP contribution in [0.25, 0.3) is 33.3 Å². The van der Waals surface area contributed by atoms with E-state index in [0.717, 1.165) is 27.7 Å². The van der Waals surface area contributed by atoms with Crippen LogP contribution in [0.2, 0.25) is 0 Å². The third kappa shape index (κ3) is 5.88. The molecule has 6 rings (SSSR count). The van der Waals surface area contributed by atoms with Gasteiger partial charge in [-0.25, -0.2) is 4.39 Å². The molecular weight excluding hydrogens is 533 g/mol. The number of hydrogen-bond donors (Lipinski definition) is 2. The number of nitrogens with one attached hydrogen (secondary N) is 1. The number of H-pyrrole nitrogens is 1. The van der Waals surface area contributed by atoms with Crippen molar-refractivity contribution in [3.05, 3.63) is 108 Å². The number of aromatic hydroxyl groups is 1. The molecule has 0 spiro atoms. The number of benzene rings is 3. The smallest absolute Gasteiger partial charge is 0.309 e. The highest BCUT2D eigenvalue weighted by Crippen LogP contribution is 2.38. The topological polar surface area (TPSA) is 95.5 Å². The Labute approximate surface area is 242 Å². The maximum atomic E-state index is 13.3. The van der Waals surface area contributed by atoms with Crippen LogP contribution < -0.4 is 0 Å². The first kappa shape index (κ1) is 27.2. The molecule has 0 bridgehead atoms. The molecular formula is C34H30FN3O4. The Morgan fingerprint density at radius 1 is 0.952 bits per heavy atom. The second-order valence-electron chi connectivity index (χ2n) is 10.6. The third-order valence-electron chi connectivity index (χ3n) is 7.82. The van der Waals surface area contributed by atoms with Gasteiger partial charge in [0.05, 0.1) is 29.7 Å². The average molecular weight is 564 g/mol. The number of amides is 1. The molecule has 42 heavy (non-hydrogen) atoms. The van der Waals surface area contributed by atoms with Crippen LogP contribution in [-0.2, 0) is 27.4 Å². The zero-order chi connectivity index (χ0) is 29.1. The Kier molecular flexibility index (Phi) is 7.68. The lowest BCUT2D eigenvalue weighted by molar-refractivity contribution is -0.153. The Hall–Kier alpha value is -4.98. The number of ether oxygens (including phenoxy) is 1. The number of pyridine rings is 1. The van der Waals surface area contributed by atoms with Gasteiger partial charge in [-0.15, -0.1) is 0 Å². The van der Waals surface area contributed by atoms with Crippen LogP contribution in [0.1, 0.15) is 24.0 Å². The fourth-order valence-corrected chi connectivity index (χ4v) is 5.46. The van der Waals surface area contributed by atoms with Gasteiger partial charge in [-0.3, -0.25) is 14.6 Å². The summed E-state index contributed by atoms with van der Waals surface area (Å²) in [6.45, 7) is 1.01. The lowest BCUT2D eigenvalue weighted by Crippen LogP contribution is -2.41. The molecule has 1 saturated heterocycles. The summed E-state index contributed by atoms with van der Waals surface area (Å²) in [6.07, 6.45) is 4.82. The number of carbonyl (C=O) groups is 2. The number of nitrogens with zero attached hydrogens (tertiary/aromatic N) is 2. The number of hydrogen-bond acceptors (Lipinski definition) is 5. The van der Waals surface area contributed by atoms with Crippen LogP contribution in [0, 0.1) is 11.7 Å². The Morgan fingerprint density at radius 3 is 2.48 bits per heavy atom. The average Bonchev–Trinajstić information content (AvgIpc) is 3.45. The van der Waals surface area contributed by atoms with Crippen molar-refractivity contribution in [2.75, 3.05) is 13.1 Å². The van der Waals surface area contributed by atoms with Crippen molar-refractivity contribution >= 4 is 22.8 Å². The first-order chi connectivity index (χ1) is 20.4. The molecule has 8 heteroatoms. The Morgan fingerprint density at radius 2 is 1.71 bits per heavy atom. The highest BCUT2D eigenvalue weighted by molar-refractivity contribution is 5.89. The summed E-state index contributed by atoms with van der Waals surface area (Å²) in [5.41, 5.74) is 5.44. The van der Waals surface area contributed by atoms with E-state index < -0.39 is 0 Å². The van der Waals surface area contributed by atoms with Gasteiger partial charge < -0.3 is 19.7 Å². The van der Waals surface area contributed by atoms with Crippen molar-refractivity contribution in [3.63, 3.8) is 0 Å². The van der Waals surface area contributed by atoms with Crippen molar-refractivity contribution in [3.8, 4) is 28.1 Å². The van der Waals surface area contributed by atoms with Gasteiger partial charge in [-0.2, -0.15) is 0 Å². The third-order valence-corrected chi connectivity index (χ3v) is 7.82.